The summed E-state index contributed by atoms with van der Waals surface area (Å²) in [5.41, 5.74) is 0. The highest BCUT2D eigenvalue weighted by atomic mass is 16.5. The number of amides is 1. The number of hydrogen-bond acceptors (Lipinski definition) is 4. The van der Waals surface area contributed by atoms with Crippen LogP contribution in [0.25, 0.3) is 0 Å². The van der Waals surface area contributed by atoms with Crippen LogP contribution in [0.2, 0.25) is 0 Å². The zero-order valence-corrected chi connectivity index (χ0v) is 9.06. The van der Waals surface area contributed by atoms with E-state index in [0.717, 1.165) is 19.6 Å². The first-order valence-corrected chi connectivity index (χ1v) is 5.78. The fraction of sp³-hybridized carbons (Fsp3) is 0.636. The van der Waals surface area contributed by atoms with E-state index in [1.165, 1.54) is 19.0 Å². The first-order valence-electron chi connectivity index (χ1n) is 5.78. The van der Waals surface area contributed by atoms with Crippen LogP contribution in [-0.2, 0) is 0 Å². The zero-order valence-electron chi connectivity index (χ0n) is 9.06. The van der Waals surface area contributed by atoms with E-state index in [1.54, 1.807) is 6.07 Å². The second kappa shape index (κ2) is 3.90. The highest BCUT2D eigenvalue weighted by Crippen LogP contribution is 2.25. The van der Waals surface area contributed by atoms with Crippen LogP contribution in [-0.4, -0.2) is 41.6 Å². The van der Waals surface area contributed by atoms with Gasteiger partial charge in [-0.3, -0.25) is 4.79 Å². The van der Waals surface area contributed by atoms with Gasteiger partial charge in [-0.05, 0) is 25.3 Å². The number of nitrogens with zero attached hydrogens (tertiary/aromatic N) is 2. The Balaban J connectivity index is 1.71. The fourth-order valence-corrected chi connectivity index (χ4v) is 2.69. The van der Waals surface area contributed by atoms with Crippen molar-refractivity contribution in [1.82, 2.24) is 15.4 Å². The number of nitrogens with one attached hydrogen (secondary N) is 1. The molecule has 1 N–H and O–H groups in total. The van der Waals surface area contributed by atoms with E-state index in [2.05, 4.69) is 10.5 Å². The summed E-state index contributed by atoms with van der Waals surface area (Å²) >= 11 is 0. The monoisotopic (exact) mass is 221 g/mol. The molecule has 0 spiro atoms. The van der Waals surface area contributed by atoms with Crippen molar-refractivity contribution in [2.75, 3.05) is 19.6 Å². The topological polar surface area (TPSA) is 58.4 Å². The molecule has 1 aromatic rings. The van der Waals surface area contributed by atoms with Crippen molar-refractivity contribution < 1.29 is 9.32 Å². The lowest BCUT2D eigenvalue weighted by molar-refractivity contribution is 0.0744. The van der Waals surface area contributed by atoms with Crippen molar-refractivity contribution in [3.63, 3.8) is 0 Å². The predicted octanol–water partition coefficient (Wildman–Crippen LogP) is 0.499. The predicted molar refractivity (Wildman–Crippen MR) is 56.9 cm³/mol. The summed E-state index contributed by atoms with van der Waals surface area (Å²) in [4.78, 5) is 13.9. The number of piperidine rings is 1. The van der Waals surface area contributed by atoms with E-state index in [-0.39, 0.29) is 5.91 Å². The summed E-state index contributed by atoms with van der Waals surface area (Å²) in [5, 5.41) is 7.04. The standard InChI is InChI=1S/C11H15N3O2/c15-11(10-3-5-13-16-10)14-6-8-2-1-4-12-9(8)7-14/h3,5,8-9,12H,1-2,4,6-7H2. The van der Waals surface area contributed by atoms with Gasteiger partial charge in [0.25, 0.3) is 5.91 Å². The Morgan fingerprint density at radius 2 is 2.50 bits per heavy atom. The lowest BCUT2D eigenvalue weighted by atomic mass is 9.94. The van der Waals surface area contributed by atoms with E-state index in [1.807, 2.05) is 4.90 Å². The Kier molecular flexibility index (Phi) is 2.40. The Morgan fingerprint density at radius 1 is 1.56 bits per heavy atom. The summed E-state index contributed by atoms with van der Waals surface area (Å²) in [6.45, 7) is 2.72. The number of carbonyl (C=O) groups is 1. The molecule has 16 heavy (non-hydrogen) atoms. The van der Waals surface area contributed by atoms with Gasteiger partial charge in [0.2, 0.25) is 5.76 Å². The molecule has 5 nitrogen and oxygen atoms in total. The highest BCUT2D eigenvalue weighted by Gasteiger charge is 2.37. The summed E-state index contributed by atoms with van der Waals surface area (Å²) in [6.07, 6.45) is 3.94. The Labute approximate surface area is 93.8 Å². The van der Waals surface area contributed by atoms with Gasteiger partial charge in [0.05, 0.1) is 6.20 Å². The number of rotatable bonds is 1. The fourth-order valence-electron chi connectivity index (χ4n) is 2.69. The van der Waals surface area contributed by atoms with Crippen molar-refractivity contribution in [2.24, 2.45) is 5.92 Å². The van der Waals surface area contributed by atoms with Crippen LogP contribution in [0.1, 0.15) is 23.4 Å². The molecule has 2 aliphatic heterocycles. The molecule has 2 saturated heterocycles. The van der Waals surface area contributed by atoms with Gasteiger partial charge < -0.3 is 14.7 Å². The minimum Gasteiger partial charge on any atom is -0.351 e. The third-order valence-corrected chi connectivity index (χ3v) is 3.54. The van der Waals surface area contributed by atoms with E-state index < -0.39 is 0 Å². The van der Waals surface area contributed by atoms with E-state index in [9.17, 15) is 4.79 Å². The van der Waals surface area contributed by atoms with Crippen molar-refractivity contribution in [2.45, 2.75) is 18.9 Å². The molecule has 0 aromatic carbocycles. The first-order chi connectivity index (χ1) is 7.84. The van der Waals surface area contributed by atoms with E-state index in [4.69, 9.17) is 4.52 Å². The van der Waals surface area contributed by atoms with Gasteiger partial charge in [0.15, 0.2) is 0 Å². The molecule has 2 fully saturated rings. The second-order valence-corrected chi connectivity index (χ2v) is 4.55. The van der Waals surface area contributed by atoms with E-state index in [0.29, 0.717) is 17.7 Å². The van der Waals surface area contributed by atoms with Gasteiger partial charge in [-0.1, -0.05) is 5.16 Å². The molecule has 1 aromatic heterocycles. The molecule has 3 rings (SSSR count). The molecule has 0 aliphatic carbocycles. The molecule has 0 radical (unpaired) electrons. The molecule has 0 bridgehead atoms. The van der Waals surface area contributed by atoms with Crippen LogP contribution < -0.4 is 5.32 Å². The number of hydrogen-bond donors (Lipinski definition) is 1. The summed E-state index contributed by atoms with van der Waals surface area (Å²) < 4.78 is 4.90. The van der Waals surface area contributed by atoms with Gasteiger partial charge in [-0.25, -0.2) is 0 Å². The quantitative estimate of drug-likeness (QED) is 0.750. The van der Waals surface area contributed by atoms with Gasteiger partial charge in [0.1, 0.15) is 0 Å². The van der Waals surface area contributed by atoms with Gasteiger partial charge in [-0.15, -0.1) is 0 Å². The maximum atomic E-state index is 12.0. The third kappa shape index (κ3) is 1.61. The molecular weight excluding hydrogens is 206 g/mol. The minimum atomic E-state index is -0.0336. The maximum absolute atomic E-state index is 12.0. The van der Waals surface area contributed by atoms with Crippen molar-refractivity contribution >= 4 is 5.91 Å². The third-order valence-electron chi connectivity index (χ3n) is 3.54. The number of likely N-dealkylation sites (tertiary alicyclic amines) is 1. The first kappa shape index (κ1) is 9.84. The lowest BCUT2D eigenvalue weighted by Gasteiger charge is -2.24. The zero-order chi connectivity index (χ0) is 11.0. The Hall–Kier alpha value is -1.36. The normalized spacial score (nSPS) is 29.1. The highest BCUT2D eigenvalue weighted by molar-refractivity contribution is 5.91. The Bertz CT molecular complexity index is 363. The Morgan fingerprint density at radius 3 is 3.25 bits per heavy atom. The van der Waals surface area contributed by atoms with E-state index >= 15 is 0 Å². The lowest BCUT2D eigenvalue weighted by Crippen LogP contribution is -2.41. The number of carbonyl (C=O) groups excluding carboxylic acids is 1. The minimum absolute atomic E-state index is 0.0336. The average Bonchev–Trinajstić information content (AvgIpc) is 2.97. The van der Waals surface area contributed by atoms with Crippen molar-refractivity contribution in [3.8, 4) is 0 Å². The summed E-state index contributed by atoms with van der Waals surface area (Å²) in [5.74, 6) is 0.924. The summed E-state index contributed by atoms with van der Waals surface area (Å²) in [6, 6.07) is 2.10. The smallest absolute Gasteiger partial charge is 0.292 e. The molecule has 2 aliphatic rings. The maximum Gasteiger partial charge on any atom is 0.292 e. The van der Waals surface area contributed by atoms with Crippen LogP contribution in [0.3, 0.4) is 0 Å². The molecule has 5 heteroatoms. The largest absolute Gasteiger partial charge is 0.351 e. The van der Waals surface area contributed by atoms with Gasteiger partial charge in [-0.2, -0.15) is 0 Å². The number of aromatic nitrogens is 1. The van der Waals surface area contributed by atoms with Crippen molar-refractivity contribution in [1.29, 1.82) is 0 Å². The van der Waals surface area contributed by atoms with Crippen molar-refractivity contribution in [3.05, 3.63) is 18.0 Å². The van der Waals surface area contributed by atoms with Crippen LogP contribution >= 0.6 is 0 Å². The SMILES string of the molecule is O=C(c1ccno1)N1CC2CCCNC2C1. The van der Waals surface area contributed by atoms with Crippen LogP contribution in [0, 0.1) is 5.92 Å². The molecule has 0 saturated carbocycles. The molecule has 86 valence electrons. The molecular formula is C11H15N3O2. The van der Waals surface area contributed by atoms with Crippen LogP contribution in [0.15, 0.2) is 16.8 Å². The molecule has 1 amide bonds. The average molecular weight is 221 g/mol. The molecule has 3 heterocycles. The second-order valence-electron chi connectivity index (χ2n) is 4.55. The van der Waals surface area contributed by atoms with Crippen LogP contribution in [0.4, 0.5) is 0 Å². The summed E-state index contributed by atoms with van der Waals surface area (Å²) in [7, 11) is 0. The van der Waals surface area contributed by atoms with Crippen LogP contribution in [0.5, 0.6) is 0 Å². The van der Waals surface area contributed by atoms with Gasteiger partial charge >= 0.3 is 0 Å². The number of fused-ring (bicyclic) bond motifs is 1. The molecule has 2 atom stereocenters. The van der Waals surface area contributed by atoms with Gasteiger partial charge in [0, 0.05) is 25.2 Å². The molecule has 2 unspecified atom stereocenters.